The van der Waals surface area contributed by atoms with E-state index in [1.807, 2.05) is 0 Å². The van der Waals surface area contributed by atoms with Crippen LogP contribution in [0.4, 0.5) is 4.79 Å². The molecule has 0 saturated heterocycles. The Hall–Kier alpha value is -2.34. The standard InChI is InChI=1S/C19H27N5O/c1-14-5-6-15(2)16(9-14)12-23-7-8-24-18(13-23)10-17(21-24)11-20-19(25)22(3)4/h5-6,9-10H,7-8,11-13H2,1-4H3,(H,20,25). The number of amides is 2. The van der Waals surface area contributed by atoms with Crippen LogP contribution in [0.3, 0.4) is 0 Å². The summed E-state index contributed by atoms with van der Waals surface area (Å²) in [6.07, 6.45) is 0. The third kappa shape index (κ3) is 4.20. The van der Waals surface area contributed by atoms with Crippen molar-refractivity contribution in [3.63, 3.8) is 0 Å². The number of hydrogen-bond acceptors (Lipinski definition) is 3. The van der Waals surface area contributed by atoms with Crippen molar-refractivity contribution in [2.45, 2.75) is 40.0 Å². The Kier molecular flexibility index (Phi) is 5.08. The largest absolute Gasteiger partial charge is 0.332 e. The summed E-state index contributed by atoms with van der Waals surface area (Å²) in [5.74, 6) is 0. The van der Waals surface area contributed by atoms with Gasteiger partial charge in [-0.05, 0) is 31.0 Å². The van der Waals surface area contributed by atoms with Crippen molar-refractivity contribution in [2.75, 3.05) is 20.6 Å². The van der Waals surface area contributed by atoms with E-state index >= 15 is 0 Å². The third-order valence-electron chi connectivity index (χ3n) is 4.65. The van der Waals surface area contributed by atoms with Gasteiger partial charge in [0.1, 0.15) is 0 Å². The van der Waals surface area contributed by atoms with Crippen LogP contribution in [0.15, 0.2) is 24.3 Å². The van der Waals surface area contributed by atoms with E-state index < -0.39 is 0 Å². The van der Waals surface area contributed by atoms with E-state index in [-0.39, 0.29) is 6.03 Å². The van der Waals surface area contributed by atoms with Crippen molar-refractivity contribution in [2.24, 2.45) is 0 Å². The number of urea groups is 1. The van der Waals surface area contributed by atoms with Gasteiger partial charge in [0.05, 0.1) is 24.5 Å². The molecule has 2 amide bonds. The Morgan fingerprint density at radius 3 is 2.80 bits per heavy atom. The Bertz CT molecular complexity index is 765. The smallest absolute Gasteiger partial charge is 0.317 e. The molecule has 1 aromatic heterocycles. The quantitative estimate of drug-likeness (QED) is 0.928. The highest BCUT2D eigenvalue weighted by Crippen LogP contribution is 2.19. The molecule has 1 aromatic carbocycles. The zero-order valence-electron chi connectivity index (χ0n) is 15.5. The second-order valence-corrected chi connectivity index (χ2v) is 7.04. The fraction of sp³-hybridized carbons (Fsp3) is 0.474. The molecule has 25 heavy (non-hydrogen) atoms. The topological polar surface area (TPSA) is 53.4 Å². The van der Waals surface area contributed by atoms with Gasteiger partial charge in [0.25, 0.3) is 0 Å². The molecule has 0 fully saturated rings. The van der Waals surface area contributed by atoms with Crippen molar-refractivity contribution >= 4 is 6.03 Å². The SMILES string of the molecule is Cc1ccc(C)c(CN2CCn3nc(CNC(=O)N(C)C)cc3C2)c1. The molecule has 0 atom stereocenters. The van der Waals surface area contributed by atoms with Gasteiger partial charge in [-0.3, -0.25) is 9.58 Å². The minimum absolute atomic E-state index is 0.0949. The zero-order chi connectivity index (χ0) is 18.0. The van der Waals surface area contributed by atoms with E-state index in [0.717, 1.165) is 31.9 Å². The predicted molar refractivity (Wildman–Crippen MR) is 98.2 cm³/mol. The Morgan fingerprint density at radius 2 is 2.04 bits per heavy atom. The van der Waals surface area contributed by atoms with E-state index in [1.54, 1.807) is 14.1 Å². The average Bonchev–Trinajstić information content (AvgIpc) is 2.98. The van der Waals surface area contributed by atoms with Gasteiger partial charge in [-0.2, -0.15) is 5.10 Å². The van der Waals surface area contributed by atoms with Gasteiger partial charge in [0, 0.05) is 33.7 Å². The Morgan fingerprint density at radius 1 is 1.24 bits per heavy atom. The number of rotatable bonds is 4. The first-order chi connectivity index (χ1) is 11.9. The summed E-state index contributed by atoms with van der Waals surface area (Å²) >= 11 is 0. The Labute approximate surface area is 149 Å². The summed E-state index contributed by atoms with van der Waals surface area (Å²) in [6.45, 7) is 8.52. The highest BCUT2D eigenvalue weighted by molar-refractivity contribution is 5.73. The number of carbonyl (C=O) groups is 1. The molecule has 2 heterocycles. The predicted octanol–water partition coefficient (Wildman–Crippen LogP) is 2.29. The average molecular weight is 341 g/mol. The van der Waals surface area contributed by atoms with E-state index in [0.29, 0.717) is 6.54 Å². The molecule has 0 radical (unpaired) electrons. The summed E-state index contributed by atoms with van der Waals surface area (Å²) in [5.41, 5.74) is 6.18. The number of aryl methyl sites for hydroxylation is 2. The van der Waals surface area contributed by atoms with Crippen LogP contribution in [0.2, 0.25) is 0 Å². The number of aromatic nitrogens is 2. The maximum atomic E-state index is 11.6. The molecule has 2 aromatic rings. The van der Waals surface area contributed by atoms with Crippen LogP contribution in [0, 0.1) is 13.8 Å². The van der Waals surface area contributed by atoms with Crippen molar-refractivity contribution in [3.05, 3.63) is 52.3 Å². The van der Waals surface area contributed by atoms with E-state index in [9.17, 15) is 4.79 Å². The number of carbonyl (C=O) groups excluding carboxylic acids is 1. The van der Waals surface area contributed by atoms with Gasteiger partial charge in [0.15, 0.2) is 0 Å². The number of benzene rings is 1. The highest BCUT2D eigenvalue weighted by atomic mass is 16.2. The van der Waals surface area contributed by atoms with E-state index in [1.165, 1.54) is 27.3 Å². The molecular weight excluding hydrogens is 314 g/mol. The Balaban J connectivity index is 1.63. The molecule has 134 valence electrons. The second kappa shape index (κ2) is 7.27. The van der Waals surface area contributed by atoms with Crippen LogP contribution in [0.5, 0.6) is 0 Å². The molecule has 0 bridgehead atoms. The molecule has 3 rings (SSSR count). The lowest BCUT2D eigenvalue weighted by molar-refractivity contribution is 0.204. The minimum atomic E-state index is -0.0949. The lowest BCUT2D eigenvalue weighted by atomic mass is 10.0. The van der Waals surface area contributed by atoms with Crippen molar-refractivity contribution < 1.29 is 4.79 Å². The summed E-state index contributed by atoms with van der Waals surface area (Å²) in [6, 6.07) is 8.65. The molecule has 0 aliphatic carbocycles. The zero-order valence-corrected chi connectivity index (χ0v) is 15.5. The van der Waals surface area contributed by atoms with Gasteiger partial charge < -0.3 is 10.2 Å². The van der Waals surface area contributed by atoms with Crippen LogP contribution >= 0.6 is 0 Å². The van der Waals surface area contributed by atoms with E-state index in [2.05, 4.69) is 58.1 Å². The normalized spacial score (nSPS) is 14.2. The van der Waals surface area contributed by atoms with Crippen LogP contribution in [0.25, 0.3) is 0 Å². The number of fused-ring (bicyclic) bond motifs is 1. The summed E-state index contributed by atoms with van der Waals surface area (Å²) in [5, 5.41) is 7.48. The molecule has 1 aliphatic heterocycles. The summed E-state index contributed by atoms with van der Waals surface area (Å²) in [7, 11) is 3.47. The second-order valence-electron chi connectivity index (χ2n) is 7.04. The highest BCUT2D eigenvalue weighted by Gasteiger charge is 2.19. The third-order valence-corrected chi connectivity index (χ3v) is 4.65. The number of nitrogens with zero attached hydrogens (tertiary/aromatic N) is 4. The van der Waals surface area contributed by atoms with E-state index in [4.69, 9.17) is 0 Å². The van der Waals surface area contributed by atoms with Crippen LogP contribution < -0.4 is 5.32 Å². The molecular formula is C19H27N5O. The number of hydrogen-bond donors (Lipinski definition) is 1. The fourth-order valence-electron chi connectivity index (χ4n) is 3.14. The first-order valence-electron chi connectivity index (χ1n) is 8.71. The van der Waals surface area contributed by atoms with Crippen LogP contribution in [-0.4, -0.2) is 46.3 Å². The van der Waals surface area contributed by atoms with Crippen LogP contribution in [-0.2, 0) is 26.2 Å². The summed E-state index contributed by atoms with van der Waals surface area (Å²) < 4.78 is 2.07. The first kappa shape index (κ1) is 17.5. The van der Waals surface area contributed by atoms with Gasteiger partial charge in [-0.1, -0.05) is 23.8 Å². The van der Waals surface area contributed by atoms with Gasteiger partial charge in [-0.25, -0.2) is 4.79 Å². The fourth-order valence-corrected chi connectivity index (χ4v) is 3.14. The lowest BCUT2D eigenvalue weighted by Crippen LogP contribution is -2.34. The monoisotopic (exact) mass is 341 g/mol. The molecule has 6 heteroatoms. The van der Waals surface area contributed by atoms with Crippen molar-refractivity contribution in [1.82, 2.24) is 24.9 Å². The van der Waals surface area contributed by atoms with Crippen LogP contribution in [0.1, 0.15) is 28.1 Å². The van der Waals surface area contributed by atoms with Crippen molar-refractivity contribution in [1.29, 1.82) is 0 Å². The molecule has 1 aliphatic rings. The molecule has 0 unspecified atom stereocenters. The van der Waals surface area contributed by atoms with Gasteiger partial charge >= 0.3 is 6.03 Å². The maximum absolute atomic E-state index is 11.6. The van der Waals surface area contributed by atoms with Crippen molar-refractivity contribution in [3.8, 4) is 0 Å². The summed E-state index contributed by atoms with van der Waals surface area (Å²) in [4.78, 5) is 15.6. The molecule has 6 nitrogen and oxygen atoms in total. The first-order valence-corrected chi connectivity index (χ1v) is 8.71. The molecule has 0 saturated carbocycles. The maximum Gasteiger partial charge on any atom is 0.317 e. The molecule has 1 N–H and O–H groups in total. The number of nitrogens with one attached hydrogen (secondary N) is 1. The van der Waals surface area contributed by atoms with Gasteiger partial charge in [0.2, 0.25) is 0 Å². The molecule has 0 spiro atoms. The lowest BCUT2D eigenvalue weighted by Gasteiger charge is -2.28. The minimum Gasteiger partial charge on any atom is -0.332 e. The van der Waals surface area contributed by atoms with Gasteiger partial charge in [-0.15, -0.1) is 0 Å².